The van der Waals surface area contributed by atoms with Crippen molar-refractivity contribution >= 4 is 17.0 Å². The Morgan fingerprint density at radius 1 is 1.11 bits per heavy atom. The van der Waals surface area contributed by atoms with E-state index in [9.17, 15) is 13.6 Å². The van der Waals surface area contributed by atoms with Crippen LogP contribution in [0.2, 0.25) is 0 Å². The van der Waals surface area contributed by atoms with Crippen LogP contribution in [0.15, 0.2) is 48.7 Å². The highest BCUT2D eigenvalue weighted by molar-refractivity contribution is 5.84. The Hall–Kier alpha value is -2.89. The van der Waals surface area contributed by atoms with Crippen molar-refractivity contribution < 1.29 is 18.3 Å². The van der Waals surface area contributed by atoms with E-state index < -0.39 is 17.7 Å². The average molecular weight is 384 g/mol. The van der Waals surface area contributed by atoms with Crippen molar-refractivity contribution in [1.29, 1.82) is 0 Å². The molecule has 0 radical (unpaired) electrons. The number of aromatic nitrogens is 1. The molecule has 28 heavy (non-hydrogen) atoms. The van der Waals surface area contributed by atoms with Crippen LogP contribution >= 0.6 is 0 Å². The van der Waals surface area contributed by atoms with Gasteiger partial charge in [-0.15, -0.1) is 0 Å². The normalized spacial score (nSPS) is 19.5. The molecule has 4 nitrogen and oxygen atoms in total. The van der Waals surface area contributed by atoms with Crippen LogP contribution in [0, 0.1) is 11.6 Å². The van der Waals surface area contributed by atoms with Gasteiger partial charge in [0.15, 0.2) is 0 Å². The standard InChI is InChI=1S/C22H22F2N2O2/c23-16-10-18-19(12-25-21(18)20(24)11-16)15-6-8-17(9-7-15)26-22(27)28-13-14-4-2-1-3-5-14/h1-5,10-12,15,17,25H,6-9,13H2,(H,26,27). The Morgan fingerprint density at radius 2 is 1.86 bits per heavy atom. The molecule has 1 saturated carbocycles. The molecule has 2 N–H and O–H groups in total. The molecular weight excluding hydrogens is 362 g/mol. The van der Waals surface area contributed by atoms with E-state index in [-0.39, 0.29) is 18.6 Å². The lowest BCUT2D eigenvalue weighted by Crippen LogP contribution is -2.37. The van der Waals surface area contributed by atoms with Gasteiger partial charge in [0.05, 0.1) is 5.52 Å². The van der Waals surface area contributed by atoms with Gasteiger partial charge < -0.3 is 15.0 Å². The van der Waals surface area contributed by atoms with Crippen molar-refractivity contribution in [2.75, 3.05) is 0 Å². The first-order valence-corrected chi connectivity index (χ1v) is 9.53. The summed E-state index contributed by atoms with van der Waals surface area (Å²) in [7, 11) is 0. The van der Waals surface area contributed by atoms with Crippen LogP contribution in [-0.2, 0) is 11.3 Å². The van der Waals surface area contributed by atoms with Crippen LogP contribution in [0.3, 0.4) is 0 Å². The average Bonchev–Trinajstić information content (AvgIpc) is 3.12. The maximum atomic E-state index is 13.9. The lowest BCUT2D eigenvalue weighted by atomic mass is 9.81. The van der Waals surface area contributed by atoms with Gasteiger partial charge in [0, 0.05) is 23.7 Å². The van der Waals surface area contributed by atoms with E-state index in [0.717, 1.165) is 42.9 Å². The number of amides is 1. The molecule has 0 aliphatic heterocycles. The molecule has 3 aromatic rings. The fourth-order valence-corrected chi connectivity index (χ4v) is 3.99. The Kier molecular flexibility index (Phi) is 5.28. The fourth-order valence-electron chi connectivity index (χ4n) is 3.99. The molecule has 0 bridgehead atoms. The number of alkyl carbamates (subject to hydrolysis) is 1. The predicted molar refractivity (Wildman–Crippen MR) is 103 cm³/mol. The van der Waals surface area contributed by atoms with Crippen LogP contribution in [-0.4, -0.2) is 17.1 Å². The summed E-state index contributed by atoms with van der Waals surface area (Å²) in [5.41, 5.74) is 2.24. The number of aromatic amines is 1. The molecule has 6 heteroatoms. The molecule has 4 rings (SSSR count). The number of carbonyl (C=O) groups is 1. The van der Waals surface area contributed by atoms with Gasteiger partial charge in [-0.1, -0.05) is 30.3 Å². The van der Waals surface area contributed by atoms with Crippen molar-refractivity contribution in [2.24, 2.45) is 0 Å². The number of benzene rings is 2. The first-order chi connectivity index (χ1) is 13.6. The van der Waals surface area contributed by atoms with Crippen molar-refractivity contribution in [1.82, 2.24) is 10.3 Å². The molecule has 1 aliphatic rings. The molecule has 1 amide bonds. The summed E-state index contributed by atoms with van der Waals surface area (Å²) in [5, 5.41) is 3.53. The van der Waals surface area contributed by atoms with E-state index >= 15 is 0 Å². The van der Waals surface area contributed by atoms with E-state index in [1.807, 2.05) is 30.3 Å². The fraction of sp³-hybridized carbons (Fsp3) is 0.318. The number of fused-ring (bicyclic) bond motifs is 1. The first kappa shape index (κ1) is 18.5. The maximum Gasteiger partial charge on any atom is 0.407 e. The summed E-state index contributed by atoms with van der Waals surface area (Å²) in [5.74, 6) is -0.923. The van der Waals surface area contributed by atoms with Crippen molar-refractivity contribution in [3.8, 4) is 0 Å². The number of halogens is 2. The van der Waals surface area contributed by atoms with Crippen molar-refractivity contribution in [3.05, 3.63) is 71.4 Å². The third kappa shape index (κ3) is 4.01. The van der Waals surface area contributed by atoms with Gasteiger partial charge in [-0.25, -0.2) is 13.6 Å². The van der Waals surface area contributed by atoms with Crippen molar-refractivity contribution in [3.63, 3.8) is 0 Å². The van der Waals surface area contributed by atoms with Crippen LogP contribution in [0.4, 0.5) is 13.6 Å². The molecule has 0 spiro atoms. The summed E-state index contributed by atoms with van der Waals surface area (Å²) >= 11 is 0. The summed E-state index contributed by atoms with van der Waals surface area (Å²) in [6.45, 7) is 0.245. The zero-order valence-corrected chi connectivity index (χ0v) is 15.4. The highest BCUT2D eigenvalue weighted by Crippen LogP contribution is 2.37. The zero-order chi connectivity index (χ0) is 19.5. The maximum absolute atomic E-state index is 13.9. The number of ether oxygens (including phenoxy) is 1. The molecule has 0 unspecified atom stereocenters. The quantitative estimate of drug-likeness (QED) is 0.633. The summed E-state index contributed by atoms with van der Waals surface area (Å²) in [6, 6.07) is 11.9. The highest BCUT2D eigenvalue weighted by atomic mass is 19.1. The molecule has 1 aliphatic carbocycles. The van der Waals surface area contributed by atoms with E-state index in [1.165, 1.54) is 6.07 Å². The third-order valence-electron chi connectivity index (χ3n) is 5.44. The Morgan fingerprint density at radius 3 is 2.61 bits per heavy atom. The van der Waals surface area contributed by atoms with Gasteiger partial charge in [-0.05, 0) is 48.8 Å². The van der Waals surface area contributed by atoms with E-state index in [2.05, 4.69) is 10.3 Å². The number of hydrogen-bond acceptors (Lipinski definition) is 2. The molecular formula is C22H22F2N2O2. The van der Waals surface area contributed by atoms with Gasteiger partial charge in [0.25, 0.3) is 0 Å². The lowest BCUT2D eigenvalue weighted by molar-refractivity contribution is 0.132. The number of H-pyrrole nitrogens is 1. The van der Waals surface area contributed by atoms with E-state index in [4.69, 9.17) is 4.74 Å². The van der Waals surface area contributed by atoms with Crippen LogP contribution in [0.1, 0.15) is 42.7 Å². The summed E-state index contributed by atoms with van der Waals surface area (Å²) in [6.07, 6.45) is 4.65. The lowest BCUT2D eigenvalue weighted by Gasteiger charge is -2.28. The second-order valence-corrected chi connectivity index (χ2v) is 7.31. The second kappa shape index (κ2) is 8.00. The number of hydrogen-bond donors (Lipinski definition) is 2. The van der Waals surface area contributed by atoms with Gasteiger partial charge in [-0.2, -0.15) is 0 Å². The van der Waals surface area contributed by atoms with Gasteiger partial charge in [0.1, 0.15) is 18.2 Å². The van der Waals surface area contributed by atoms with Crippen LogP contribution in [0.5, 0.6) is 0 Å². The molecule has 1 aromatic heterocycles. The number of carbonyl (C=O) groups excluding carboxylic acids is 1. The Balaban J connectivity index is 1.32. The minimum atomic E-state index is -0.572. The molecule has 2 aromatic carbocycles. The van der Waals surface area contributed by atoms with Gasteiger partial charge in [-0.3, -0.25) is 0 Å². The number of rotatable bonds is 4. The predicted octanol–water partition coefficient (Wildman–Crippen LogP) is 5.40. The van der Waals surface area contributed by atoms with E-state index in [1.54, 1.807) is 6.20 Å². The number of nitrogens with one attached hydrogen (secondary N) is 2. The van der Waals surface area contributed by atoms with Crippen molar-refractivity contribution in [2.45, 2.75) is 44.2 Å². The van der Waals surface area contributed by atoms with Gasteiger partial charge >= 0.3 is 6.09 Å². The van der Waals surface area contributed by atoms with Crippen LogP contribution < -0.4 is 5.32 Å². The summed E-state index contributed by atoms with van der Waals surface area (Å²) < 4.78 is 32.8. The topological polar surface area (TPSA) is 54.1 Å². The molecule has 1 fully saturated rings. The van der Waals surface area contributed by atoms with Gasteiger partial charge in [0.2, 0.25) is 0 Å². The highest BCUT2D eigenvalue weighted by Gasteiger charge is 2.26. The zero-order valence-electron chi connectivity index (χ0n) is 15.4. The molecule has 146 valence electrons. The Labute approximate surface area is 161 Å². The minimum Gasteiger partial charge on any atom is -0.445 e. The third-order valence-corrected chi connectivity index (χ3v) is 5.44. The van der Waals surface area contributed by atoms with Crippen LogP contribution in [0.25, 0.3) is 10.9 Å². The smallest absolute Gasteiger partial charge is 0.407 e. The monoisotopic (exact) mass is 384 g/mol. The molecule has 1 heterocycles. The second-order valence-electron chi connectivity index (χ2n) is 7.31. The largest absolute Gasteiger partial charge is 0.445 e. The van der Waals surface area contributed by atoms with E-state index in [0.29, 0.717) is 10.9 Å². The first-order valence-electron chi connectivity index (χ1n) is 9.53. The minimum absolute atomic E-state index is 0.0539. The Bertz CT molecular complexity index is 963. The molecule has 0 saturated heterocycles. The summed E-state index contributed by atoms with van der Waals surface area (Å²) in [4.78, 5) is 14.9. The SMILES string of the molecule is O=C(NC1CCC(c2c[nH]c3c(F)cc(F)cc23)CC1)OCc1ccccc1. The molecule has 0 atom stereocenters.